The highest BCUT2D eigenvalue weighted by Gasteiger charge is 2.21. The van der Waals surface area contributed by atoms with Crippen LogP contribution in [0.25, 0.3) is 64.0 Å². The second-order valence-electron chi connectivity index (χ2n) is 10.9. The highest BCUT2D eigenvalue weighted by Crippen LogP contribution is 2.48. The van der Waals surface area contributed by atoms with Gasteiger partial charge in [0, 0.05) is 42.3 Å². The molecule has 0 saturated carbocycles. The van der Waals surface area contributed by atoms with Crippen LogP contribution in [0.1, 0.15) is 0 Å². The minimum absolute atomic E-state index is 0.925. The minimum Gasteiger partial charge on any atom is -0.455 e. The van der Waals surface area contributed by atoms with Crippen LogP contribution in [0.2, 0.25) is 0 Å². The van der Waals surface area contributed by atoms with Crippen LogP contribution in [-0.4, -0.2) is 0 Å². The maximum Gasteiger partial charge on any atom is 0.144 e. The van der Waals surface area contributed by atoms with Crippen molar-refractivity contribution in [3.8, 4) is 11.1 Å². The van der Waals surface area contributed by atoms with Crippen LogP contribution in [0.5, 0.6) is 0 Å². The van der Waals surface area contributed by atoms with E-state index >= 15 is 0 Å². The third kappa shape index (κ3) is 3.86. The van der Waals surface area contributed by atoms with Gasteiger partial charge in [-0.15, -0.1) is 11.3 Å². The van der Waals surface area contributed by atoms with Crippen LogP contribution in [0, 0.1) is 0 Å². The molecule has 0 unspecified atom stereocenters. The summed E-state index contributed by atoms with van der Waals surface area (Å²) >= 11 is 1.82. The van der Waals surface area contributed by atoms with Gasteiger partial charge in [0.15, 0.2) is 0 Å². The van der Waals surface area contributed by atoms with E-state index in [0.29, 0.717) is 0 Å². The van der Waals surface area contributed by atoms with E-state index in [1.54, 1.807) is 0 Å². The molecule has 0 aliphatic heterocycles. The fourth-order valence-corrected chi connectivity index (χ4v) is 7.55. The van der Waals surface area contributed by atoms with Gasteiger partial charge in [0.1, 0.15) is 11.2 Å². The van der Waals surface area contributed by atoms with Crippen LogP contribution < -0.4 is 4.90 Å². The average Bonchev–Trinajstić information content (AvgIpc) is 3.63. The Hall–Kier alpha value is -5.38. The molecule has 2 aromatic heterocycles. The molecule has 0 radical (unpaired) electrons. The van der Waals surface area contributed by atoms with Crippen LogP contribution in [0.3, 0.4) is 0 Å². The topological polar surface area (TPSA) is 16.4 Å². The second kappa shape index (κ2) is 9.59. The van der Waals surface area contributed by atoms with Crippen molar-refractivity contribution >= 4 is 81.3 Å². The summed E-state index contributed by atoms with van der Waals surface area (Å²) in [7, 11) is 0. The maximum atomic E-state index is 6.74. The maximum absolute atomic E-state index is 6.74. The zero-order chi connectivity index (χ0) is 28.3. The Morgan fingerprint density at radius 2 is 1.12 bits per heavy atom. The van der Waals surface area contributed by atoms with Gasteiger partial charge in [0.25, 0.3) is 0 Å². The number of fused-ring (bicyclic) bond motifs is 8. The summed E-state index contributed by atoms with van der Waals surface area (Å²) in [6, 6.07) is 54.1. The molecule has 7 aromatic carbocycles. The fourth-order valence-electron chi connectivity index (χ4n) is 6.43. The van der Waals surface area contributed by atoms with Gasteiger partial charge in [-0.05, 0) is 82.6 Å². The fraction of sp³-hybridized carbons (Fsp3) is 0. The molecule has 43 heavy (non-hydrogen) atoms. The molecule has 2 nitrogen and oxygen atoms in total. The predicted octanol–water partition coefficient (Wildman–Crippen LogP) is 12.2. The predicted molar refractivity (Wildman–Crippen MR) is 184 cm³/mol. The molecule has 3 heteroatoms. The van der Waals surface area contributed by atoms with Crippen molar-refractivity contribution in [2.24, 2.45) is 0 Å². The van der Waals surface area contributed by atoms with Crippen molar-refractivity contribution in [1.82, 2.24) is 0 Å². The summed E-state index contributed by atoms with van der Waals surface area (Å²) in [6.45, 7) is 0. The molecule has 0 bridgehead atoms. The Kier molecular flexibility index (Phi) is 5.40. The van der Waals surface area contributed by atoms with Gasteiger partial charge in [-0.3, -0.25) is 0 Å². The molecule has 2 heterocycles. The zero-order valence-corrected chi connectivity index (χ0v) is 24.0. The summed E-state index contributed by atoms with van der Waals surface area (Å²) < 4.78 is 9.21. The van der Waals surface area contributed by atoms with Crippen molar-refractivity contribution in [2.75, 3.05) is 4.90 Å². The molecule has 9 aromatic rings. The number of hydrogen-bond acceptors (Lipinski definition) is 3. The molecule has 9 rings (SSSR count). The second-order valence-corrected chi connectivity index (χ2v) is 12.0. The lowest BCUT2D eigenvalue weighted by molar-refractivity contribution is 0.673. The summed E-state index contributed by atoms with van der Waals surface area (Å²) in [4.78, 5) is 2.37. The van der Waals surface area contributed by atoms with Crippen molar-refractivity contribution in [1.29, 1.82) is 0 Å². The standard InChI is InChI=1S/C40H25NOS/c1-3-10-26(11-4-1)27-18-20-31(21-19-27)41(30-14-5-2-6-15-30)34-16-9-17-36-38(34)39-37(43-36)23-22-32-33-24-28-12-7-8-13-29(28)25-35(33)42-40(32)39/h1-25H. The van der Waals surface area contributed by atoms with E-state index in [0.717, 1.165) is 39.0 Å². The molecule has 0 aliphatic carbocycles. The smallest absolute Gasteiger partial charge is 0.144 e. The van der Waals surface area contributed by atoms with Crippen molar-refractivity contribution in [3.63, 3.8) is 0 Å². The van der Waals surface area contributed by atoms with Crippen LogP contribution in [0.15, 0.2) is 156 Å². The first-order chi connectivity index (χ1) is 21.3. The molecule has 202 valence electrons. The molecule has 0 amide bonds. The molecule has 0 N–H and O–H groups in total. The van der Waals surface area contributed by atoms with E-state index in [2.05, 4.69) is 157 Å². The summed E-state index contributed by atoms with van der Waals surface area (Å²) in [6.07, 6.45) is 0. The Bertz CT molecular complexity index is 2440. The van der Waals surface area contributed by atoms with E-state index in [4.69, 9.17) is 4.42 Å². The molecule has 0 fully saturated rings. The summed E-state index contributed by atoms with van der Waals surface area (Å²) in [5.41, 5.74) is 7.66. The lowest BCUT2D eigenvalue weighted by Gasteiger charge is -2.26. The van der Waals surface area contributed by atoms with E-state index in [-0.39, 0.29) is 0 Å². The third-order valence-electron chi connectivity index (χ3n) is 8.43. The lowest BCUT2D eigenvalue weighted by Crippen LogP contribution is -2.10. The van der Waals surface area contributed by atoms with Gasteiger partial charge in [-0.2, -0.15) is 0 Å². The van der Waals surface area contributed by atoms with E-state index in [9.17, 15) is 0 Å². The Labute approximate surface area is 252 Å². The minimum atomic E-state index is 0.925. The first-order valence-corrected chi connectivity index (χ1v) is 15.3. The molecular weight excluding hydrogens is 543 g/mol. The van der Waals surface area contributed by atoms with Gasteiger partial charge < -0.3 is 9.32 Å². The Morgan fingerprint density at radius 1 is 0.465 bits per heavy atom. The molecule has 0 spiro atoms. The quantitative estimate of drug-likeness (QED) is 0.210. The van der Waals surface area contributed by atoms with Gasteiger partial charge >= 0.3 is 0 Å². The average molecular weight is 568 g/mol. The SMILES string of the molecule is c1ccc(-c2ccc(N(c3ccccc3)c3cccc4sc5ccc6c7cc8ccccc8cc7oc6c5c34)cc2)cc1. The first kappa shape index (κ1) is 24.2. The van der Waals surface area contributed by atoms with E-state index in [1.165, 1.54) is 42.1 Å². The van der Waals surface area contributed by atoms with Crippen LogP contribution >= 0.6 is 11.3 Å². The first-order valence-electron chi connectivity index (χ1n) is 14.5. The van der Waals surface area contributed by atoms with Crippen molar-refractivity contribution in [2.45, 2.75) is 0 Å². The number of furan rings is 1. The van der Waals surface area contributed by atoms with Crippen molar-refractivity contribution in [3.05, 3.63) is 152 Å². The largest absolute Gasteiger partial charge is 0.455 e. The molecule has 0 aliphatic rings. The summed E-state index contributed by atoms with van der Waals surface area (Å²) in [5, 5.41) is 7.12. The molecule has 0 saturated heterocycles. The van der Waals surface area contributed by atoms with Gasteiger partial charge in [-0.1, -0.05) is 91.0 Å². The number of para-hydroxylation sites is 1. The van der Waals surface area contributed by atoms with Crippen molar-refractivity contribution < 1.29 is 4.42 Å². The number of thiophene rings is 1. The van der Waals surface area contributed by atoms with E-state index in [1.807, 2.05) is 11.3 Å². The van der Waals surface area contributed by atoms with Gasteiger partial charge in [0.2, 0.25) is 0 Å². The molecular formula is C40H25NOS. The van der Waals surface area contributed by atoms with E-state index < -0.39 is 0 Å². The monoisotopic (exact) mass is 567 g/mol. The number of hydrogen-bond donors (Lipinski definition) is 0. The van der Waals surface area contributed by atoms with Crippen LogP contribution in [-0.2, 0) is 0 Å². The van der Waals surface area contributed by atoms with Crippen LogP contribution in [0.4, 0.5) is 17.1 Å². The highest BCUT2D eigenvalue weighted by atomic mass is 32.1. The highest BCUT2D eigenvalue weighted by molar-refractivity contribution is 7.26. The number of benzene rings is 7. The third-order valence-corrected chi connectivity index (χ3v) is 9.55. The number of anilines is 3. The Balaban J connectivity index is 1.32. The molecule has 0 atom stereocenters. The van der Waals surface area contributed by atoms with Gasteiger partial charge in [-0.25, -0.2) is 0 Å². The van der Waals surface area contributed by atoms with Gasteiger partial charge in [0.05, 0.1) is 5.69 Å². The Morgan fingerprint density at radius 3 is 1.91 bits per heavy atom. The number of nitrogens with zero attached hydrogens (tertiary/aromatic N) is 1. The normalized spacial score (nSPS) is 11.7. The lowest BCUT2D eigenvalue weighted by atomic mass is 10.0. The number of rotatable bonds is 4. The summed E-state index contributed by atoms with van der Waals surface area (Å²) in [5.74, 6) is 0. The zero-order valence-electron chi connectivity index (χ0n) is 23.2.